The van der Waals surface area contributed by atoms with Crippen LogP contribution in [0.1, 0.15) is 72.3 Å². The second-order valence-electron chi connectivity index (χ2n) is 9.18. The first-order valence-electron chi connectivity index (χ1n) is 9.84. The number of amides is 2. The Balaban J connectivity index is 1.63. The summed E-state index contributed by atoms with van der Waals surface area (Å²) in [6.07, 6.45) is 0. The average molecular weight is 439 g/mol. The van der Waals surface area contributed by atoms with Gasteiger partial charge in [0, 0.05) is 10.8 Å². The minimum Gasteiger partial charge on any atom is -0.304 e. The fraction of sp³-hybridized carbons (Fsp3) is 0.364. The van der Waals surface area contributed by atoms with Gasteiger partial charge < -0.3 is 10.6 Å². The standard InChI is InChI=1S/C22H26N6O2S/c1-21(2,3)15-9-11-17(27-25-15)23-19(29)13-7-8-14(31-13)20(30)24-18-12-10-16(26-28-18)22(4,5)6/h7-12H,1-6H3,(H,23,27,29)(H,24,28,30). The van der Waals surface area contributed by atoms with Gasteiger partial charge in [0.15, 0.2) is 11.6 Å². The fourth-order valence-electron chi connectivity index (χ4n) is 2.54. The van der Waals surface area contributed by atoms with Crippen LogP contribution in [-0.4, -0.2) is 32.2 Å². The molecule has 0 spiro atoms. The maximum Gasteiger partial charge on any atom is 0.266 e. The summed E-state index contributed by atoms with van der Waals surface area (Å²) in [6.45, 7) is 12.2. The Morgan fingerprint density at radius 1 is 0.645 bits per heavy atom. The molecule has 31 heavy (non-hydrogen) atoms. The van der Waals surface area contributed by atoms with Crippen molar-refractivity contribution in [3.8, 4) is 0 Å². The van der Waals surface area contributed by atoms with Crippen LogP contribution >= 0.6 is 11.3 Å². The van der Waals surface area contributed by atoms with Gasteiger partial charge in [0.25, 0.3) is 11.8 Å². The SMILES string of the molecule is CC(C)(C)c1ccc(NC(=O)c2ccc(C(=O)Nc3ccc(C(C)(C)C)nn3)s2)nn1. The van der Waals surface area contributed by atoms with Crippen molar-refractivity contribution in [3.05, 3.63) is 57.5 Å². The van der Waals surface area contributed by atoms with Gasteiger partial charge in [0.2, 0.25) is 0 Å². The highest BCUT2D eigenvalue weighted by atomic mass is 32.1. The van der Waals surface area contributed by atoms with Crippen LogP contribution in [0.4, 0.5) is 11.6 Å². The van der Waals surface area contributed by atoms with Crippen LogP contribution in [0.2, 0.25) is 0 Å². The predicted molar refractivity (Wildman–Crippen MR) is 122 cm³/mol. The third-order valence-electron chi connectivity index (χ3n) is 4.40. The molecular formula is C22H26N6O2S. The molecule has 0 aliphatic carbocycles. The van der Waals surface area contributed by atoms with Gasteiger partial charge in [0.05, 0.1) is 21.1 Å². The van der Waals surface area contributed by atoms with Crippen LogP contribution in [0, 0.1) is 0 Å². The first-order valence-corrected chi connectivity index (χ1v) is 10.7. The summed E-state index contributed by atoms with van der Waals surface area (Å²) in [7, 11) is 0. The Morgan fingerprint density at radius 2 is 1.03 bits per heavy atom. The molecule has 0 bridgehead atoms. The topological polar surface area (TPSA) is 110 Å². The van der Waals surface area contributed by atoms with Crippen molar-refractivity contribution < 1.29 is 9.59 Å². The molecule has 0 radical (unpaired) electrons. The molecule has 8 nitrogen and oxygen atoms in total. The van der Waals surface area contributed by atoms with E-state index >= 15 is 0 Å². The number of hydrogen-bond donors (Lipinski definition) is 2. The number of hydrogen-bond acceptors (Lipinski definition) is 7. The predicted octanol–water partition coefficient (Wildman–Crippen LogP) is 4.43. The molecule has 0 aromatic carbocycles. The van der Waals surface area contributed by atoms with E-state index in [1.807, 2.05) is 53.7 Å². The third-order valence-corrected chi connectivity index (χ3v) is 5.49. The van der Waals surface area contributed by atoms with Gasteiger partial charge in [-0.25, -0.2) is 0 Å². The lowest BCUT2D eigenvalue weighted by molar-refractivity contribution is 0.102. The van der Waals surface area contributed by atoms with Crippen LogP contribution in [0.5, 0.6) is 0 Å². The van der Waals surface area contributed by atoms with Crippen molar-refractivity contribution in [1.29, 1.82) is 0 Å². The first kappa shape index (κ1) is 22.5. The molecule has 162 valence electrons. The van der Waals surface area contributed by atoms with Gasteiger partial charge in [-0.1, -0.05) is 41.5 Å². The van der Waals surface area contributed by atoms with Gasteiger partial charge in [-0.3, -0.25) is 9.59 Å². The number of carbonyl (C=O) groups excluding carboxylic acids is 2. The third kappa shape index (κ3) is 5.69. The van der Waals surface area contributed by atoms with Gasteiger partial charge in [-0.2, -0.15) is 10.2 Å². The van der Waals surface area contributed by atoms with Crippen LogP contribution in [0.15, 0.2) is 36.4 Å². The minimum atomic E-state index is -0.351. The zero-order valence-electron chi connectivity index (χ0n) is 18.5. The zero-order valence-corrected chi connectivity index (χ0v) is 19.3. The number of nitrogens with zero attached hydrogens (tertiary/aromatic N) is 4. The summed E-state index contributed by atoms with van der Waals surface area (Å²) in [4.78, 5) is 25.8. The summed E-state index contributed by atoms with van der Waals surface area (Å²) < 4.78 is 0. The molecule has 0 aliphatic rings. The van der Waals surface area contributed by atoms with Gasteiger partial charge >= 0.3 is 0 Å². The number of anilines is 2. The lowest BCUT2D eigenvalue weighted by Gasteiger charge is -2.16. The van der Waals surface area contributed by atoms with Crippen molar-refractivity contribution in [2.45, 2.75) is 52.4 Å². The van der Waals surface area contributed by atoms with Crippen LogP contribution in [0.25, 0.3) is 0 Å². The van der Waals surface area contributed by atoms with Crippen molar-refractivity contribution in [1.82, 2.24) is 20.4 Å². The number of thiophene rings is 1. The molecule has 3 aromatic heterocycles. The van der Waals surface area contributed by atoms with E-state index in [1.54, 1.807) is 24.3 Å². The minimum absolute atomic E-state index is 0.122. The zero-order chi connectivity index (χ0) is 22.8. The summed E-state index contributed by atoms with van der Waals surface area (Å²) in [5.74, 6) is 0.00517. The summed E-state index contributed by atoms with van der Waals surface area (Å²) in [6, 6.07) is 10.3. The van der Waals surface area contributed by atoms with Gasteiger partial charge in [-0.05, 0) is 36.4 Å². The second kappa shape index (κ2) is 8.50. The molecule has 0 atom stereocenters. The quantitative estimate of drug-likeness (QED) is 0.624. The average Bonchev–Trinajstić information content (AvgIpc) is 3.18. The summed E-state index contributed by atoms with van der Waals surface area (Å²) in [5.41, 5.74) is 1.42. The number of nitrogens with one attached hydrogen (secondary N) is 2. The highest BCUT2D eigenvalue weighted by Crippen LogP contribution is 2.22. The fourth-order valence-corrected chi connectivity index (χ4v) is 3.33. The maximum absolute atomic E-state index is 12.5. The molecule has 3 rings (SSSR count). The van der Waals surface area contributed by atoms with E-state index in [4.69, 9.17) is 0 Å². The summed E-state index contributed by atoms with van der Waals surface area (Å²) >= 11 is 1.08. The Kier molecular flexibility index (Phi) is 6.17. The first-order chi connectivity index (χ1) is 14.4. The molecule has 0 saturated heterocycles. The van der Waals surface area contributed by atoms with Crippen molar-refractivity contribution >= 4 is 34.8 Å². The van der Waals surface area contributed by atoms with Crippen molar-refractivity contribution in [2.75, 3.05) is 10.6 Å². The molecule has 3 aromatic rings. The summed E-state index contributed by atoms with van der Waals surface area (Å²) in [5, 5.41) is 21.8. The van der Waals surface area contributed by atoms with E-state index in [1.165, 1.54) is 0 Å². The van der Waals surface area contributed by atoms with Crippen LogP contribution in [0.3, 0.4) is 0 Å². The maximum atomic E-state index is 12.5. The Bertz CT molecular complexity index is 991. The van der Waals surface area contributed by atoms with E-state index in [9.17, 15) is 9.59 Å². The van der Waals surface area contributed by atoms with Gasteiger partial charge in [0.1, 0.15) is 0 Å². The molecular weight excluding hydrogens is 412 g/mol. The highest BCUT2D eigenvalue weighted by Gasteiger charge is 2.19. The van der Waals surface area contributed by atoms with E-state index in [-0.39, 0.29) is 22.6 Å². The van der Waals surface area contributed by atoms with Crippen molar-refractivity contribution in [3.63, 3.8) is 0 Å². The molecule has 9 heteroatoms. The lowest BCUT2D eigenvalue weighted by Crippen LogP contribution is -2.17. The molecule has 2 amide bonds. The lowest BCUT2D eigenvalue weighted by atomic mass is 9.92. The number of carbonyl (C=O) groups is 2. The monoisotopic (exact) mass is 438 g/mol. The van der Waals surface area contributed by atoms with E-state index < -0.39 is 0 Å². The highest BCUT2D eigenvalue weighted by molar-refractivity contribution is 7.16. The smallest absolute Gasteiger partial charge is 0.266 e. The Hall–Kier alpha value is -3.20. The second-order valence-corrected chi connectivity index (χ2v) is 10.3. The van der Waals surface area contributed by atoms with Gasteiger partial charge in [-0.15, -0.1) is 21.5 Å². The largest absolute Gasteiger partial charge is 0.304 e. The molecule has 3 heterocycles. The number of rotatable bonds is 4. The van der Waals surface area contributed by atoms with Crippen molar-refractivity contribution in [2.24, 2.45) is 0 Å². The number of aromatic nitrogens is 4. The molecule has 2 N–H and O–H groups in total. The van der Waals surface area contributed by atoms with Crippen LogP contribution in [-0.2, 0) is 10.8 Å². The molecule has 0 unspecified atom stereocenters. The van der Waals surface area contributed by atoms with E-state index in [0.29, 0.717) is 21.4 Å². The van der Waals surface area contributed by atoms with Crippen LogP contribution < -0.4 is 10.6 Å². The Labute approximate surface area is 185 Å². The molecule has 0 saturated carbocycles. The van der Waals surface area contributed by atoms with E-state index in [0.717, 1.165) is 22.7 Å². The normalized spacial score (nSPS) is 11.8. The Morgan fingerprint density at radius 3 is 1.32 bits per heavy atom. The molecule has 0 aliphatic heterocycles. The van der Waals surface area contributed by atoms with E-state index in [2.05, 4.69) is 31.0 Å². The molecule has 0 fully saturated rings.